The molecule has 0 aliphatic heterocycles. The highest BCUT2D eigenvalue weighted by atomic mass is 79.9. The molecule has 5 heteroatoms. The Bertz CT molecular complexity index is 382. The van der Waals surface area contributed by atoms with Crippen LogP contribution in [0.2, 0.25) is 0 Å². The van der Waals surface area contributed by atoms with Crippen molar-refractivity contribution in [3.05, 3.63) is 28.7 Å². The smallest absolute Gasteiger partial charge is 0.338 e. The zero-order chi connectivity index (χ0) is 12.2. The summed E-state index contributed by atoms with van der Waals surface area (Å²) < 4.78 is 0.908. The quantitative estimate of drug-likeness (QED) is 0.682. The summed E-state index contributed by atoms with van der Waals surface area (Å²) in [6.45, 7) is 3.45. The van der Waals surface area contributed by atoms with Gasteiger partial charge in [-0.2, -0.15) is 0 Å². The molecule has 1 rings (SSSR count). The molecule has 0 aromatic heterocycles. The average molecular weight is 307 g/mol. The second-order valence-electron chi connectivity index (χ2n) is 4.02. The van der Waals surface area contributed by atoms with Crippen LogP contribution in [0.4, 0.5) is 5.69 Å². The largest absolute Gasteiger partial charge is 0.343 e. The van der Waals surface area contributed by atoms with E-state index in [-0.39, 0.29) is 11.8 Å². The first-order valence-corrected chi connectivity index (χ1v) is 6.07. The van der Waals surface area contributed by atoms with E-state index >= 15 is 0 Å². The first-order chi connectivity index (χ1) is 7.45. The number of halogens is 2. The number of anilines is 1. The van der Waals surface area contributed by atoms with Gasteiger partial charge >= 0.3 is 5.97 Å². The van der Waals surface area contributed by atoms with Gasteiger partial charge in [0, 0.05) is 10.4 Å². The zero-order valence-electron chi connectivity index (χ0n) is 9.09. The van der Waals surface area contributed by atoms with E-state index in [0.29, 0.717) is 5.69 Å². The molecule has 3 nitrogen and oxygen atoms in total. The van der Waals surface area contributed by atoms with E-state index in [4.69, 9.17) is 16.4 Å². The van der Waals surface area contributed by atoms with E-state index in [1.807, 2.05) is 12.1 Å². The minimum Gasteiger partial charge on any atom is -0.343 e. The van der Waals surface area contributed by atoms with Crippen molar-refractivity contribution in [2.24, 2.45) is 5.41 Å². The topological polar surface area (TPSA) is 38.3 Å². The van der Waals surface area contributed by atoms with Crippen molar-refractivity contribution >= 4 is 39.2 Å². The molecule has 1 N–H and O–H groups in total. The normalized spacial score (nSPS) is 11.0. The van der Waals surface area contributed by atoms with Crippen molar-refractivity contribution in [2.45, 2.75) is 13.8 Å². The van der Waals surface area contributed by atoms with Crippen molar-refractivity contribution < 1.29 is 9.63 Å². The Hall–Kier alpha value is -0.740. The maximum absolute atomic E-state index is 11.6. The number of hydrogen-bond donors (Lipinski definition) is 1. The lowest BCUT2D eigenvalue weighted by Gasteiger charge is -2.19. The standard InChI is InChI=1S/C11H13BrClNO2/c1-11(2,7-13)10(15)16-14-9-5-3-4-8(12)6-9/h3-6,14H,7H2,1-2H3. The summed E-state index contributed by atoms with van der Waals surface area (Å²) >= 11 is 8.98. The fourth-order valence-corrected chi connectivity index (χ4v) is 1.36. The van der Waals surface area contributed by atoms with Gasteiger partial charge < -0.3 is 4.84 Å². The summed E-state index contributed by atoms with van der Waals surface area (Å²) in [5.41, 5.74) is 2.60. The highest BCUT2D eigenvalue weighted by Gasteiger charge is 2.28. The molecule has 0 aliphatic rings. The number of carbonyl (C=O) groups is 1. The molecular weight excluding hydrogens is 293 g/mol. The van der Waals surface area contributed by atoms with Crippen molar-refractivity contribution in [1.82, 2.24) is 0 Å². The van der Waals surface area contributed by atoms with E-state index in [9.17, 15) is 4.79 Å². The van der Waals surface area contributed by atoms with Crippen molar-refractivity contribution in [3.63, 3.8) is 0 Å². The number of carbonyl (C=O) groups excluding carboxylic acids is 1. The van der Waals surface area contributed by atoms with Crippen LogP contribution < -0.4 is 5.48 Å². The van der Waals surface area contributed by atoms with Crippen LogP contribution in [-0.2, 0) is 9.63 Å². The van der Waals surface area contributed by atoms with E-state index in [0.717, 1.165) is 4.47 Å². The lowest BCUT2D eigenvalue weighted by molar-refractivity contribution is -0.149. The maximum Gasteiger partial charge on any atom is 0.338 e. The van der Waals surface area contributed by atoms with Gasteiger partial charge in [-0.15, -0.1) is 11.6 Å². The van der Waals surface area contributed by atoms with Gasteiger partial charge in [-0.3, -0.25) is 0 Å². The second-order valence-corrected chi connectivity index (χ2v) is 5.20. The van der Waals surface area contributed by atoms with Crippen LogP contribution in [-0.4, -0.2) is 11.8 Å². The van der Waals surface area contributed by atoms with Crippen molar-refractivity contribution in [3.8, 4) is 0 Å². The predicted octanol–water partition coefficient (Wildman–Crippen LogP) is 3.58. The summed E-state index contributed by atoms with van der Waals surface area (Å²) in [5, 5.41) is 0. The maximum atomic E-state index is 11.6. The fourth-order valence-electron chi connectivity index (χ4n) is 0.850. The Morgan fingerprint density at radius 1 is 1.56 bits per heavy atom. The van der Waals surface area contributed by atoms with Gasteiger partial charge in [0.05, 0.1) is 11.1 Å². The summed E-state index contributed by atoms with van der Waals surface area (Å²) in [4.78, 5) is 16.5. The molecule has 0 bridgehead atoms. The van der Waals surface area contributed by atoms with Crippen LogP contribution >= 0.6 is 27.5 Å². The van der Waals surface area contributed by atoms with Crippen LogP contribution in [0, 0.1) is 5.41 Å². The lowest BCUT2D eigenvalue weighted by Crippen LogP contribution is -2.30. The van der Waals surface area contributed by atoms with Crippen molar-refractivity contribution in [1.29, 1.82) is 0 Å². The molecule has 0 fully saturated rings. The molecule has 16 heavy (non-hydrogen) atoms. The minimum absolute atomic E-state index is 0.214. The number of hydrogen-bond acceptors (Lipinski definition) is 3. The molecule has 1 aromatic carbocycles. The SMILES string of the molecule is CC(C)(CCl)C(=O)ONc1cccc(Br)c1. The summed E-state index contributed by atoms with van der Waals surface area (Å²) in [5.74, 6) is -0.172. The van der Waals surface area contributed by atoms with Gasteiger partial charge in [0.15, 0.2) is 0 Å². The lowest BCUT2D eigenvalue weighted by atomic mass is 9.97. The molecule has 0 unspecified atom stereocenters. The Morgan fingerprint density at radius 2 is 2.25 bits per heavy atom. The highest BCUT2D eigenvalue weighted by Crippen LogP contribution is 2.20. The summed E-state index contributed by atoms with van der Waals surface area (Å²) in [6, 6.07) is 7.33. The van der Waals surface area contributed by atoms with E-state index < -0.39 is 5.41 Å². The van der Waals surface area contributed by atoms with E-state index in [1.165, 1.54) is 0 Å². The van der Waals surface area contributed by atoms with Gasteiger partial charge in [-0.1, -0.05) is 22.0 Å². The Labute approximate surface area is 108 Å². The first kappa shape index (κ1) is 13.3. The van der Waals surface area contributed by atoms with Gasteiger partial charge in [0.25, 0.3) is 0 Å². The van der Waals surface area contributed by atoms with Gasteiger partial charge in [-0.05, 0) is 32.0 Å². The molecule has 0 amide bonds. The van der Waals surface area contributed by atoms with Crippen molar-refractivity contribution in [2.75, 3.05) is 11.4 Å². The zero-order valence-corrected chi connectivity index (χ0v) is 11.4. The monoisotopic (exact) mass is 305 g/mol. The van der Waals surface area contributed by atoms with E-state index in [2.05, 4.69) is 21.4 Å². The summed E-state index contributed by atoms with van der Waals surface area (Å²) in [6.07, 6.45) is 0. The molecule has 0 aliphatic carbocycles. The Morgan fingerprint density at radius 3 is 2.81 bits per heavy atom. The number of rotatable bonds is 4. The third kappa shape index (κ3) is 3.68. The number of alkyl halides is 1. The van der Waals surface area contributed by atoms with Crippen LogP contribution in [0.1, 0.15) is 13.8 Å². The molecule has 88 valence electrons. The van der Waals surface area contributed by atoms with Crippen LogP contribution in [0.5, 0.6) is 0 Å². The average Bonchev–Trinajstić information content (AvgIpc) is 2.26. The summed E-state index contributed by atoms with van der Waals surface area (Å²) in [7, 11) is 0. The fraction of sp³-hybridized carbons (Fsp3) is 0.364. The van der Waals surface area contributed by atoms with Gasteiger partial charge in [-0.25, -0.2) is 10.3 Å². The number of benzene rings is 1. The van der Waals surface area contributed by atoms with Gasteiger partial charge in [0.2, 0.25) is 0 Å². The molecule has 1 aromatic rings. The molecule has 0 saturated heterocycles. The molecular formula is C11H13BrClNO2. The third-order valence-electron chi connectivity index (χ3n) is 1.97. The second kappa shape index (κ2) is 5.55. The molecule has 0 radical (unpaired) electrons. The van der Waals surface area contributed by atoms with Gasteiger partial charge in [0.1, 0.15) is 0 Å². The third-order valence-corrected chi connectivity index (χ3v) is 3.13. The van der Waals surface area contributed by atoms with Crippen LogP contribution in [0.15, 0.2) is 28.7 Å². The van der Waals surface area contributed by atoms with Crippen LogP contribution in [0.25, 0.3) is 0 Å². The van der Waals surface area contributed by atoms with E-state index in [1.54, 1.807) is 26.0 Å². The van der Waals surface area contributed by atoms with Crippen LogP contribution in [0.3, 0.4) is 0 Å². The predicted molar refractivity (Wildman–Crippen MR) is 68.4 cm³/mol. The molecule has 0 atom stereocenters. The first-order valence-electron chi connectivity index (χ1n) is 4.74. The highest BCUT2D eigenvalue weighted by molar-refractivity contribution is 9.10. The Balaban J connectivity index is 2.56. The number of nitrogens with one attached hydrogen (secondary N) is 1. The Kier molecular flexibility index (Phi) is 4.62. The molecule has 0 spiro atoms. The molecule has 0 heterocycles. The molecule has 0 saturated carbocycles. The minimum atomic E-state index is -0.694.